The summed E-state index contributed by atoms with van der Waals surface area (Å²) in [6.45, 7) is 3.74. The Bertz CT molecular complexity index is 352. The standard InChI is InChI=1S/C9H10BrNO3/c1-6(2)14-7-3-4-8(10)9(5-7)11(12)13/h3-6H,1-2H3. The van der Waals surface area contributed by atoms with Gasteiger partial charge in [0.05, 0.1) is 21.6 Å². The minimum Gasteiger partial charge on any atom is -0.491 e. The molecule has 0 atom stereocenters. The molecule has 4 nitrogen and oxygen atoms in total. The maximum Gasteiger partial charge on any atom is 0.287 e. The number of hydrogen-bond acceptors (Lipinski definition) is 3. The first-order valence-electron chi connectivity index (χ1n) is 4.11. The molecule has 1 rings (SSSR count). The van der Waals surface area contributed by atoms with Crippen molar-refractivity contribution >= 4 is 21.6 Å². The third-order valence-electron chi connectivity index (χ3n) is 1.49. The Morgan fingerprint density at radius 2 is 2.14 bits per heavy atom. The molecule has 1 aromatic rings. The maximum atomic E-state index is 10.6. The molecule has 0 aliphatic rings. The molecule has 0 bridgehead atoms. The number of ether oxygens (including phenoxy) is 1. The van der Waals surface area contributed by atoms with Crippen LogP contribution in [0.2, 0.25) is 0 Å². The van der Waals surface area contributed by atoms with E-state index in [1.54, 1.807) is 12.1 Å². The molecule has 0 aliphatic heterocycles. The molecule has 76 valence electrons. The summed E-state index contributed by atoms with van der Waals surface area (Å²) < 4.78 is 5.79. The fourth-order valence-corrected chi connectivity index (χ4v) is 1.37. The van der Waals surface area contributed by atoms with Crippen molar-refractivity contribution in [2.45, 2.75) is 20.0 Å². The van der Waals surface area contributed by atoms with Gasteiger partial charge in [0.15, 0.2) is 0 Å². The summed E-state index contributed by atoms with van der Waals surface area (Å²) in [5.74, 6) is 0.509. The fourth-order valence-electron chi connectivity index (χ4n) is 0.978. The van der Waals surface area contributed by atoms with Crippen LogP contribution in [-0.2, 0) is 0 Å². The zero-order valence-corrected chi connectivity index (χ0v) is 9.45. The highest BCUT2D eigenvalue weighted by atomic mass is 79.9. The van der Waals surface area contributed by atoms with Gasteiger partial charge < -0.3 is 4.74 Å². The topological polar surface area (TPSA) is 52.4 Å². The molecule has 5 heteroatoms. The normalized spacial score (nSPS) is 10.3. The quantitative estimate of drug-likeness (QED) is 0.619. The van der Waals surface area contributed by atoms with Gasteiger partial charge in [0.25, 0.3) is 5.69 Å². The zero-order valence-electron chi connectivity index (χ0n) is 7.86. The number of halogens is 1. The first-order valence-corrected chi connectivity index (χ1v) is 4.90. The molecule has 0 radical (unpaired) electrons. The second kappa shape index (κ2) is 4.41. The highest BCUT2D eigenvalue weighted by Gasteiger charge is 2.13. The van der Waals surface area contributed by atoms with Gasteiger partial charge in [-0.15, -0.1) is 0 Å². The van der Waals surface area contributed by atoms with Gasteiger partial charge in [-0.25, -0.2) is 0 Å². The van der Waals surface area contributed by atoms with Crippen molar-refractivity contribution in [2.75, 3.05) is 0 Å². The van der Waals surface area contributed by atoms with Gasteiger partial charge in [-0.05, 0) is 41.9 Å². The summed E-state index contributed by atoms with van der Waals surface area (Å²) in [7, 11) is 0. The van der Waals surface area contributed by atoms with E-state index in [2.05, 4.69) is 15.9 Å². The number of nitrogens with zero attached hydrogens (tertiary/aromatic N) is 1. The lowest BCUT2D eigenvalue weighted by Crippen LogP contribution is -2.05. The largest absolute Gasteiger partial charge is 0.491 e. The summed E-state index contributed by atoms with van der Waals surface area (Å²) in [5.41, 5.74) is 0.0168. The van der Waals surface area contributed by atoms with E-state index < -0.39 is 4.92 Å². The number of benzene rings is 1. The van der Waals surface area contributed by atoms with Crippen LogP contribution < -0.4 is 4.74 Å². The summed E-state index contributed by atoms with van der Waals surface area (Å²) in [6.07, 6.45) is 0.00998. The lowest BCUT2D eigenvalue weighted by molar-refractivity contribution is -0.385. The molecule has 0 amide bonds. The summed E-state index contributed by atoms with van der Waals surface area (Å²) in [5, 5.41) is 10.6. The zero-order chi connectivity index (χ0) is 10.7. The molecular formula is C9H10BrNO3. The Balaban J connectivity index is 3.00. The van der Waals surface area contributed by atoms with Gasteiger partial charge in [-0.1, -0.05) is 0 Å². The van der Waals surface area contributed by atoms with Crippen LogP contribution in [0.25, 0.3) is 0 Å². The third kappa shape index (κ3) is 2.70. The van der Waals surface area contributed by atoms with E-state index in [1.165, 1.54) is 6.07 Å². The van der Waals surface area contributed by atoms with E-state index in [4.69, 9.17) is 4.74 Å². The predicted molar refractivity (Wildman–Crippen MR) is 56.6 cm³/mol. The van der Waals surface area contributed by atoms with Crippen LogP contribution in [0.5, 0.6) is 5.75 Å². The van der Waals surface area contributed by atoms with Crippen LogP contribution in [-0.4, -0.2) is 11.0 Å². The predicted octanol–water partition coefficient (Wildman–Crippen LogP) is 3.14. The molecule has 0 spiro atoms. The molecule has 0 saturated carbocycles. The van der Waals surface area contributed by atoms with Crippen molar-refractivity contribution in [3.63, 3.8) is 0 Å². The Morgan fingerprint density at radius 3 is 2.64 bits per heavy atom. The molecule has 0 aromatic heterocycles. The molecule has 0 saturated heterocycles. The van der Waals surface area contributed by atoms with Gasteiger partial charge in [0, 0.05) is 0 Å². The summed E-state index contributed by atoms with van der Waals surface area (Å²) in [4.78, 5) is 10.1. The van der Waals surface area contributed by atoms with Crippen LogP contribution in [0.3, 0.4) is 0 Å². The molecule has 1 aromatic carbocycles. The van der Waals surface area contributed by atoms with Crippen LogP contribution in [0.4, 0.5) is 5.69 Å². The van der Waals surface area contributed by atoms with Gasteiger partial charge in [-0.2, -0.15) is 0 Å². The molecule has 0 aliphatic carbocycles. The second-order valence-electron chi connectivity index (χ2n) is 3.04. The fraction of sp³-hybridized carbons (Fsp3) is 0.333. The van der Waals surface area contributed by atoms with Gasteiger partial charge >= 0.3 is 0 Å². The molecule has 0 fully saturated rings. The van der Waals surface area contributed by atoms with Crippen molar-refractivity contribution in [3.05, 3.63) is 32.8 Å². The second-order valence-corrected chi connectivity index (χ2v) is 3.89. The van der Waals surface area contributed by atoms with E-state index in [0.717, 1.165) is 0 Å². The lowest BCUT2D eigenvalue weighted by Gasteiger charge is -2.09. The number of nitro groups is 1. The van der Waals surface area contributed by atoms with Crippen LogP contribution >= 0.6 is 15.9 Å². The SMILES string of the molecule is CC(C)Oc1ccc(Br)c([N+](=O)[O-])c1. The number of hydrogen-bond donors (Lipinski definition) is 0. The number of rotatable bonds is 3. The Hall–Kier alpha value is -1.10. The van der Waals surface area contributed by atoms with Crippen molar-refractivity contribution < 1.29 is 9.66 Å². The average molecular weight is 260 g/mol. The maximum absolute atomic E-state index is 10.6. The summed E-state index contributed by atoms with van der Waals surface area (Å²) >= 11 is 3.10. The van der Waals surface area contributed by atoms with Crippen molar-refractivity contribution in [3.8, 4) is 5.75 Å². The molecular weight excluding hydrogens is 250 g/mol. The minimum atomic E-state index is -0.447. The van der Waals surface area contributed by atoms with E-state index in [-0.39, 0.29) is 11.8 Å². The van der Waals surface area contributed by atoms with E-state index >= 15 is 0 Å². The smallest absolute Gasteiger partial charge is 0.287 e. The first-order chi connectivity index (χ1) is 6.50. The molecule has 0 unspecified atom stereocenters. The van der Waals surface area contributed by atoms with E-state index in [9.17, 15) is 10.1 Å². The summed E-state index contributed by atoms with van der Waals surface area (Å²) in [6, 6.07) is 4.71. The molecule has 0 heterocycles. The van der Waals surface area contributed by atoms with Crippen LogP contribution in [0.15, 0.2) is 22.7 Å². The van der Waals surface area contributed by atoms with Crippen molar-refractivity contribution in [1.29, 1.82) is 0 Å². The van der Waals surface area contributed by atoms with E-state index in [0.29, 0.717) is 10.2 Å². The molecule has 14 heavy (non-hydrogen) atoms. The molecule has 0 N–H and O–H groups in total. The van der Waals surface area contributed by atoms with Crippen molar-refractivity contribution in [1.82, 2.24) is 0 Å². The first kappa shape index (κ1) is 11.0. The van der Waals surface area contributed by atoms with Crippen LogP contribution in [0.1, 0.15) is 13.8 Å². The Morgan fingerprint density at radius 1 is 1.50 bits per heavy atom. The monoisotopic (exact) mass is 259 g/mol. The van der Waals surface area contributed by atoms with Gasteiger partial charge in [0.1, 0.15) is 5.75 Å². The van der Waals surface area contributed by atoms with Gasteiger partial charge in [-0.3, -0.25) is 10.1 Å². The Labute approximate surface area is 90.2 Å². The third-order valence-corrected chi connectivity index (χ3v) is 2.16. The van der Waals surface area contributed by atoms with E-state index in [1.807, 2.05) is 13.8 Å². The van der Waals surface area contributed by atoms with Crippen molar-refractivity contribution in [2.24, 2.45) is 0 Å². The Kier molecular flexibility index (Phi) is 3.46. The number of nitro benzene ring substituents is 1. The van der Waals surface area contributed by atoms with Gasteiger partial charge in [0.2, 0.25) is 0 Å². The van der Waals surface area contributed by atoms with Crippen LogP contribution in [0, 0.1) is 10.1 Å². The minimum absolute atomic E-state index is 0.00998. The highest BCUT2D eigenvalue weighted by molar-refractivity contribution is 9.10. The average Bonchev–Trinajstić information content (AvgIpc) is 2.07. The highest BCUT2D eigenvalue weighted by Crippen LogP contribution is 2.29. The lowest BCUT2D eigenvalue weighted by atomic mass is 10.3.